The minimum Gasteiger partial charge on any atom is -0.379 e. The van der Waals surface area contributed by atoms with Gasteiger partial charge in [-0.2, -0.15) is 8.75 Å². The molecule has 3 heterocycles. The van der Waals surface area contributed by atoms with Crippen LogP contribution < -0.4 is 5.32 Å². The molecule has 8 heteroatoms. The van der Waals surface area contributed by atoms with E-state index in [1.807, 2.05) is 23.1 Å². The van der Waals surface area contributed by atoms with E-state index in [4.69, 9.17) is 4.74 Å². The maximum atomic E-state index is 12.8. The van der Waals surface area contributed by atoms with Crippen molar-refractivity contribution in [3.63, 3.8) is 0 Å². The number of urea groups is 1. The van der Waals surface area contributed by atoms with E-state index in [0.717, 1.165) is 68.8 Å². The quantitative estimate of drug-likeness (QED) is 0.886. The van der Waals surface area contributed by atoms with Crippen molar-refractivity contribution >= 4 is 28.8 Å². The van der Waals surface area contributed by atoms with Gasteiger partial charge in [-0.1, -0.05) is 6.07 Å². The fraction of sp³-hybridized carbons (Fsp3) is 0.611. The van der Waals surface area contributed by atoms with Gasteiger partial charge >= 0.3 is 6.03 Å². The Balaban J connectivity index is 1.35. The molecule has 0 radical (unpaired) electrons. The molecule has 2 saturated heterocycles. The van der Waals surface area contributed by atoms with Crippen LogP contribution >= 0.6 is 11.7 Å². The number of hydrogen-bond donors (Lipinski definition) is 1. The van der Waals surface area contributed by atoms with E-state index >= 15 is 0 Å². The number of likely N-dealkylation sites (tertiary alicyclic amines) is 1. The molecule has 2 aliphatic rings. The number of carbonyl (C=O) groups excluding carboxylic acids is 1. The minimum atomic E-state index is 0.0412. The number of fused-ring (bicyclic) bond motifs is 1. The Morgan fingerprint density at radius 1 is 1.19 bits per heavy atom. The number of carbonyl (C=O) groups is 1. The molecule has 4 rings (SSSR count). The second-order valence-electron chi connectivity index (χ2n) is 7.00. The van der Waals surface area contributed by atoms with Crippen molar-refractivity contribution in [3.05, 3.63) is 23.8 Å². The predicted molar refractivity (Wildman–Crippen MR) is 101 cm³/mol. The first-order valence-electron chi connectivity index (χ1n) is 9.35. The smallest absolute Gasteiger partial charge is 0.317 e. The van der Waals surface area contributed by atoms with Crippen LogP contribution in [0, 0.1) is 0 Å². The first kappa shape index (κ1) is 17.6. The molecule has 1 N–H and O–H groups in total. The number of hydrogen-bond acceptors (Lipinski definition) is 6. The highest BCUT2D eigenvalue weighted by molar-refractivity contribution is 7.00. The summed E-state index contributed by atoms with van der Waals surface area (Å²) < 4.78 is 13.9. The van der Waals surface area contributed by atoms with E-state index in [1.54, 1.807) is 0 Å². The number of aromatic nitrogens is 2. The third kappa shape index (κ3) is 4.13. The fourth-order valence-electron chi connectivity index (χ4n) is 3.76. The van der Waals surface area contributed by atoms with E-state index in [9.17, 15) is 4.79 Å². The molecule has 26 heavy (non-hydrogen) atoms. The van der Waals surface area contributed by atoms with Gasteiger partial charge in [-0.25, -0.2) is 4.79 Å². The summed E-state index contributed by atoms with van der Waals surface area (Å²) in [5.41, 5.74) is 2.86. The molecule has 1 aromatic carbocycles. The summed E-state index contributed by atoms with van der Waals surface area (Å²) in [5.74, 6) is 0. The maximum Gasteiger partial charge on any atom is 0.317 e. The highest BCUT2D eigenvalue weighted by Gasteiger charge is 2.28. The lowest BCUT2D eigenvalue weighted by Crippen LogP contribution is -2.53. The molecular formula is C18H25N5O2S. The van der Waals surface area contributed by atoms with Gasteiger partial charge < -0.3 is 15.0 Å². The van der Waals surface area contributed by atoms with Gasteiger partial charge in [0.2, 0.25) is 0 Å². The predicted octanol–water partition coefficient (Wildman–Crippen LogP) is 2.09. The average Bonchev–Trinajstić information content (AvgIpc) is 3.15. The third-order valence-electron chi connectivity index (χ3n) is 5.22. The SMILES string of the molecule is O=C(NCc1ccc2nsnc2c1)N1CCCCC1CN1CCOCC1. The first-order chi connectivity index (χ1) is 12.8. The summed E-state index contributed by atoms with van der Waals surface area (Å²) in [5, 5.41) is 3.09. The number of morpholine rings is 1. The summed E-state index contributed by atoms with van der Waals surface area (Å²) in [6, 6.07) is 6.31. The van der Waals surface area contributed by atoms with Crippen LogP contribution in [0.4, 0.5) is 4.79 Å². The van der Waals surface area contributed by atoms with Crippen LogP contribution in [0.5, 0.6) is 0 Å². The van der Waals surface area contributed by atoms with Gasteiger partial charge in [0.15, 0.2) is 0 Å². The number of nitrogens with zero attached hydrogens (tertiary/aromatic N) is 4. The highest BCUT2D eigenvalue weighted by Crippen LogP contribution is 2.19. The topological polar surface area (TPSA) is 70.6 Å². The summed E-state index contributed by atoms with van der Waals surface area (Å²) in [7, 11) is 0. The maximum absolute atomic E-state index is 12.8. The lowest BCUT2D eigenvalue weighted by molar-refractivity contribution is 0.0221. The number of benzene rings is 1. The standard InChI is InChI=1S/C18H25N5O2S/c24-18(19-12-14-4-5-16-17(11-14)21-26-20-16)23-6-2-1-3-15(23)13-22-7-9-25-10-8-22/h4-5,11,15H,1-3,6-10,12-13H2,(H,19,24). The number of amides is 2. The molecule has 2 aromatic rings. The van der Waals surface area contributed by atoms with Gasteiger partial charge in [-0.15, -0.1) is 0 Å². The highest BCUT2D eigenvalue weighted by atomic mass is 32.1. The lowest BCUT2D eigenvalue weighted by Gasteiger charge is -2.39. The van der Waals surface area contributed by atoms with Gasteiger partial charge in [-0.3, -0.25) is 4.90 Å². The van der Waals surface area contributed by atoms with E-state index in [-0.39, 0.29) is 6.03 Å². The molecule has 0 spiro atoms. The van der Waals surface area contributed by atoms with E-state index in [1.165, 1.54) is 18.1 Å². The molecule has 0 saturated carbocycles. The van der Waals surface area contributed by atoms with Crippen LogP contribution in [0.1, 0.15) is 24.8 Å². The molecule has 0 bridgehead atoms. The largest absolute Gasteiger partial charge is 0.379 e. The molecule has 140 valence electrons. The van der Waals surface area contributed by atoms with Crippen LogP contribution in [0.15, 0.2) is 18.2 Å². The van der Waals surface area contributed by atoms with Crippen molar-refractivity contribution in [1.29, 1.82) is 0 Å². The van der Waals surface area contributed by atoms with Crippen LogP contribution in [-0.4, -0.2) is 70.0 Å². The van der Waals surface area contributed by atoms with Gasteiger partial charge in [0, 0.05) is 38.8 Å². The van der Waals surface area contributed by atoms with Crippen molar-refractivity contribution in [2.45, 2.75) is 31.8 Å². The van der Waals surface area contributed by atoms with Crippen molar-refractivity contribution in [2.24, 2.45) is 0 Å². The van der Waals surface area contributed by atoms with Crippen molar-refractivity contribution in [1.82, 2.24) is 23.9 Å². The van der Waals surface area contributed by atoms with Crippen molar-refractivity contribution in [2.75, 3.05) is 39.4 Å². The Labute approximate surface area is 157 Å². The summed E-state index contributed by atoms with van der Waals surface area (Å²) in [6.07, 6.45) is 3.37. The van der Waals surface area contributed by atoms with Gasteiger partial charge in [0.25, 0.3) is 0 Å². The molecule has 2 aliphatic heterocycles. The van der Waals surface area contributed by atoms with Crippen LogP contribution in [0.3, 0.4) is 0 Å². The second kappa shape index (κ2) is 8.28. The van der Waals surface area contributed by atoms with E-state index in [0.29, 0.717) is 12.6 Å². The zero-order valence-corrected chi connectivity index (χ0v) is 15.7. The Kier molecular flexibility index (Phi) is 5.62. The summed E-state index contributed by atoms with van der Waals surface area (Å²) in [6.45, 7) is 5.84. The number of piperidine rings is 1. The lowest BCUT2D eigenvalue weighted by atomic mass is 10.0. The monoisotopic (exact) mass is 375 g/mol. The third-order valence-corrected chi connectivity index (χ3v) is 5.78. The van der Waals surface area contributed by atoms with Crippen molar-refractivity contribution < 1.29 is 9.53 Å². The number of nitrogens with one attached hydrogen (secondary N) is 1. The van der Waals surface area contributed by atoms with Gasteiger partial charge in [0.1, 0.15) is 11.0 Å². The first-order valence-corrected chi connectivity index (χ1v) is 10.1. The van der Waals surface area contributed by atoms with Crippen LogP contribution in [-0.2, 0) is 11.3 Å². The zero-order chi connectivity index (χ0) is 17.8. The Morgan fingerprint density at radius 3 is 2.92 bits per heavy atom. The van der Waals surface area contributed by atoms with Crippen LogP contribution in [0.25, 0.3) is 11.0 Å². The molecule has 2 amide bonds. The minimum absolute atomic E-state index is 0.0412. The molecule has 1 aromatic heterocycles. The van der Waals surface area contributed by atoms with Crippen molar-refractivity contribution in [3.8, 4) is 0 Å². The van der Waals surface area contributed by atoms with Gasteiger partial charge in [0.05, 0.1) is 24.9 Å². The average molecular weight is 375 g/mol. The molecular weight excluding hydrogens is 350 g/mol. The molecule has 1 unspecified atom stereocenters. The summed E-state index contributed by atoms with van der Waals surface area (Å²) in [4.78, 5) is 17.2. The van der Waals surface area contributed by atoms with E-state index < -0.39 is 0 Å². The van der Waals surface area contributed by atoms with E-state index in [2.05, 4.69) is 19.0 Å². The Hall–Kier alpha value is -1.77. The second-order valence-corrected chi connectivity index (χ2v) is 7.53. The molecule has 7 nitrogen and oxygen atoms in total. The molecule has 2 fully saturated rings. The zero-order valence-electron chi connectivity index (χ0n) is 14.9. The Bertz CT molecular complexity index is 746. The number of rotatable bonds is 4. The number of ether oxygens (including phenoxy) is 1. The van der Waals surface area contributed by atoms with Crippen LogP contribution in [0.2, 0.25) is 0 Å². The normalized spacial score (nSPS) is 21.8. The van der Waals surface area contributed by atoms with Gasteiger partial charge in [-0.05, 0) is 37.0 Å². The fourth-order valence-corrected chi connectivity index (χ4v) is 4.27. The summed E-state index contributed by atoms with van der Waals surface area (Å²) >= 11 is 1.22. The molecule has 0 aliphatic carbocycles. The molecule has 1 atom stereocenters. The Morgan fingerprint density at radius 2 is 2.04 bits per heavy atom.